The highest BCUT2D eigenvalue weighted by Gasteiger charge is 2.41. The van der Waals surface area contributed by atoms with E-state index in [-0.39, 0.29) is 0 Å². The van der Waals surface area contributed by atoms with Crippen LogP contribution in [0.2, 0.25) is 0 Å². The van der Waals surface area contributed by atoms with Crippen molar-refractivity contribution >= 4 is 35.0 Å². The maximum atomic E-state index is 12.2. The number of aryl methyl sites for hydroxylation is 1. The van der Waals surface area contributed by atoms with Crippen molar-refractivity contribution in [2.24, 2.45) is 7.05 Å². The lowest BCUT2D eigenvalue weighted by Gasteiger charge is -2.18. The molecular weight excluding hydrogens is 280 g/mol. The molecule has 1 atom stereocenters. The lowest BCUT2D eigenvalue weighted by Crippen LogP contribution is -2.42. The molecule has 20 heavy (non-hydrogen) atoms. The van der Waals surface area contributed by atoms with Gasteiger partial charge in [0.05, 0.1) is 12.0 Å². The minimum atomic E-state index is -0.924. The number of carbonyl (C=O) groups is 3. The van der Waals surface area contributed by atoms with Crippen molar-refractivity contribution in [3.05, 3.63) is 28.9 Å². The Morgan fingerprint density at radius 1 is 1.45 bits per heavy atom. The fourth-order valence-electron chi connectivity index (χ4n) is 1.85. The van der Waals surface area contributed by atoms with Gasteiger partial charge < -0.3 is 9.30 Å². The van der Waals surface area contributed by atoms with E-state index >= 15 is 0 Å². The van der Waals surface area contributed by atoms with Gasteiger partial charge in [0.1, 0.15) is 6.04 Å². The average molecular weight is 294 g/mol. The van der Waals surface area contributed by atoms with Crippen molar-refractivity contribution in [1.29, 1.82) is 0 Å². The summed E-state index contributed by atoms with van der Waals surface area (Å²) in [5, 5.41) is -0.464. The molecule has 1 unspecified atom stereocenters. The molecule has 0 aliphatic carbocycles. The number of hydrogen-bond acceptors (Lipinski definition) is 5. The molecule has 0 saturated carbocycles. The fourth-order valence-corrected chi connectivity index (χ4v) is 2.74. The molecule has 0 spiro atoms. The van der Waals surface area contributed by atoms with Gasteiger partial charge in [0.25, 0.3) is 11.1 Å². The van der Waals surface area contributed by atoms with Crippen LogP contribution in [-0.4, -0.2) is 39.7 Å². The van der Waals surface area contributed by atoms with E-state index in [1.165, 1.54) is 14.0 Å². The molecule has 2 amide bonds. The second kappa shape index (κ2) is 5.54. The Hall–Kier alpha value is -2.02. The molecule has 1 fully saturated rings. The molecule has 2 rings (SSSR count). The number of carbonyl (C=O) groups excluding carboxylic acids is 3. The molecule has 0 radical (unpaired) electrons. The predicted molar refractivity (Wildman–Crippen MR) is 74.7 cm³/mol. The van der Waals surface area contributed by atoms with Crippen LogP contribution in [0.5, 0.6) is 0 Å². The first-order valence-corrected chi connectivity index (χ1v) is 6.73. The Bertz CT molecular complexity index is 605. The van der Waals surface area contributed by atoms with E-state index in [2.05, 4.69) is 4.74 Å². The molecule has 1 aliphatic rings. The molecule has 0 bridgehead atoms. The Kier molecular flexibility index (Phi) is 3.99. The minimum Gasteiger partial charge on any atom is -0.467 e. The van der Waals surface area contributed by atoms with Crippen molar-refractivity contribution in [2.45, 2.75) is 13.0 Å². The third kappa shape index (κ3) is 2.49. The lowest BCUT2D eigenvalue weighted by atomic mass is 10.2. The van der Waals surface area contributed by atoms with Gasteiger partial charge in [0.15, 0.2) is 0 Å². The van der Waals surface area contributed by atoms with Gasteiger partial charge in [-0.2, -0.15) is 0 Å². The average Bonchev–Trinajstić information content (AvgIpc) is 2.93. The van der Waals surface area contributed by atoms with E-state index in [0.717, 1.165) is 22.4 Å². The molecule has 1 aromatic heterocycles. The smallest absolute Gasteiger partial charge is 0.328 e. The van der Waals surface area contributed by atoms with Gasteiger partial charge in [-0.15, -0.1) is 0 Å². The summed E-state index contributed by atoms with van der Waals surface area (Å²) in [6, 6.07) is 2.75. The van der Waals surface area contributed by atoms with Crippen LogP contribution in [0.25, 0.3) is 6.08 Å². The summed E-state index contributed by atoms with van der Waals surface area (Å²) in [6.45, 7) is 1.47. The molecule has 106 valence electrons. The van der Waals surface area contributed by atoms with Crippen LogP contribution in [0.4, 0.5) is 4.79 Å². The zero-order valence-electron chi connectivity index (χ0n) is 11.3. The third-order valence-electron chi connectivity index (χ3n) is 3.02. The quantitative estimate of drug-likeness (QED) is 0.626. The number of aromatic nitrogens is 1. The first-order chi connectivity index (χ1) is 9.45. The molecule has 1 saturated heterocycles. The highest BCUT2D eigenvalue weighted by Crippen LogP contribution is 2.33. The maximum absolute atomic E-state index is 12.2. The van der Waals surface area contributed by atoms with Gasteiger partial charge >= 0.3 is 5.97 Å². The maximum Gasteiger partial charge on any atom is 0.328 e. The highest BCUT2D eigenvalue weighted by atomic mass is 32.2. The van der Waals surface area contributed by atoms with Crippen LogP contribution in [0, 0.1) is 0 Å². The van der Waals surface area contributed by atoms with E-state index in [1.54, 1.807) is 6.08 Å². The number of methoxy groups -OCH3 is 1. The summed E-state index contributed by atoms with van der Waals surface area (Å²) < 4.78 is 6.39. The van der Waals surface area contributed by atoms with Gasteiger partial charge in [-0.25, -0.2) is 4.79 Å². The van der Waals surface area contributed by atoms with E-state index in [4.69, 9.17) is 0 Å². The zero-order valence-corrected chi connectivity index (χ0v) is 12.1. The predicted octanol–water partition coefficient (Wildman–Crippen LogP) is 1.62. The van der Waals surface area contributed by atoms with E-state index < -0.39 is 23.2 Å². The Morgan fingerprint density at radius 3 is 2.70 bits per heavy atom. The summed E-state index contributed by atoms with van der Waals surface area (Å²) in [5.74, 6) is -1.09. The number of thioether (sulfide) groups is 1. The van der Waals surface area contributed by atoms with Crippen molar-refractivity contribution in [2.75, 3.05) is 7.11 Å². The van der Waals surface area contributed by atoms with Crippen LogP contribution >= 0.6 is 11.8 Å². The van der Waals surface area contributed by atoms with Gasteiger partial charge in [-0.05, 0) is 36.9 Å². The minimum absolute atomic E-state index is 0.299. The summed E-state index contributed by atoms with van der Waals surface area (Å²) in [6.07, 6.45) is 3.47. The topological polar surface area (TPSA) is 68.6 Å². The Labute approximate surface area is 120 Å². The van der Waals surface area contributed by atoms with Crippen molar-refractivity contribution in [3.63, 3.8) is 0 Å². The van der Waals surface area contributed by atoms with Crippen molar-refractivity contribution in [1.82, 2.24) is 9.47 Å². The van der Waals surface area contributed by atoms with E-state index in [1.807, 2.05) is 29.9 Å². The van der Waals surface area contributed by atoms with Gasteiger partial charge in [0, 0.05) is 18.9 Å². The third-order valence-corrected chi connectivity index (χ3v) is 3.90. The molecular formula is C13H14N2O4S. The zero-order chi connectivity index (χ0) is 14.9. The molecule has 2 heterocycles. The van der Waals surface area contributed by atoms with Crippen LogP contribution in [-0.2, 0) is 21.4 Å². The number of imide groups is 1. The number of nitrogens with zero attached hydrogens (tertiary/aromatic N) is 2. The molecule has 6 nitrogen and oxygen atoms in total. The molecule has 1 aliphatic heterocycles. The molecule has 7 heteroatoms. The highest BCUT2D eigenvalue weighted by molar-refractivity contribution is 8.18. The summed E-state index contributed by atoms with van der Waals surface area (Å²) in [5.41, 5.74) is 0.807. The summed E-state index contributed by atoms with van der Waals surface area (Å²) in [4.78, 5) is 36.8. The SMILES string of the molecule is COC(=O)C(C)N1C(=O)S/C(=C\c2cccn2C)C1=O. The first kappa shape index (κ1) is 14.4. The number of hydrogen-bond donors (Lipinski definition) is 0. The summed E-state index contributed by atoms with van der Waals surface area (Å²) in [7, 11) is 3.06. The fraction of sp³-hybridized carbons (Fsp3) is 0.308. The van der Waals surface area contributed by atoms with Crippen LogP contribution in [0.15, 0.2) is 23.2 Å². The van der Waals surface area contributed by atoms with Crippen LogP contribution in [0.1, 0.15) is 12.6 Å². The van der Waals surface area contributed by atoms with E-state index in [0.29, 0.717) is 4.91 Å². The molecule has 0 N–H and O–H groups in total. The Morgan fingerprint density at radius 2 is 2.15 bits per heavy atom. The van der Waals surface area contributed by atoms with E-state index in [9.17, 15) is 14.4 Å². The number of ether oxygens (including phenoxy) is 1. The standard InChI is InChI=1S/C13H14N2O4S/c1-8(12(17)19-3)15-11(16)10(20-13(15)18)7-9-5-4-6-14(9)2/h4-8H,1-3H3/b10-7-. The van der Waals surface area contributed by atoms with Gasteiger partial charge in [-0.1, -0.05) is 0 Å². The van der Waals surface area contributed by atoms with Crippen LogP contribution in [0.3, 0.4) is 0 Å². The van der Waals surface area contributed by atoms with Crippen molar-refractivity contribution < 1.29 is 19.1 Å². The number of esters is 1. The van der Waals surface area contributed by atoms with Crippen LogP contribution < -0.4 is 0 Å². The number of rotatable bonds is 3. The lowest BCUT2D eigenvalue weighted by molar-refractivity contribution is -0.148. The van der Waals surface area contributed by atoms with Gasteiger partial charge in [0.2, 0.25) is 0 Å². The first-order valence-electron chi connectivity index (χ1n) is 5.92. The van der Waals surface area contributed by atoms with Crippen molar-refractivity contribution in [3.8, 4) is 0 Å². The number of amides is 2. The normalized spacial score (nSPS) is 18.8. The molecule has 1 aromatic rings. The second-order valence-corrected chi connectivity index (χ2v) is 5.29. The Balaban J connectivity index is 2.27. The second-order valence-electron chi connectivity index (χ2n) is 4.29. The van der Waals surface area contributed by atoms with Gasteiger partial charge in [-0.3, -0.25) is 14.5 Å². The monoisotopic (exact) mass is 294 g/mol. The molecule has 0 aromatic carbocycles. The summed E-state index contributed by atoms with van der Waals surface area (Å²) >= 11 is 0.822. The largest absolute Gasteiger partial charge is 0.467 e.